The molecule has 3 aliphatic rings. The van der Waals surface area contributed by atoms with Crippen LogP contribution in [0.5, 0.6) is 0 Å². The summed E-state index contributed by atoms with van der Waals surface area (Å²) in [5, 5.41) is 0. The highest BCUT2D eigenvalue weighted by Crippen LogP contribution is 2.98. The lowest BCUT2D eigenvalue weighted by Crippen LogP contribution is -2.45. The Morgan fingerprint density at radius 1 is 1.45 bits per heavy atom. The first-order valence-electron chi connectivity index (χ1n) is 5.18. The zero-order valence-electron chi connectivity index (χ0n) is 7.85. The topological polar surface area (TPSA) is 0 Å². The van der Waals surface area contributed by atoms with Crippen molar-refractivity contribution < 1.29 is 0 Å². The van der Waals surface area contributed by atoms with Gasteiger partial charge in [0.15, 0.2) is 0 Å². The van der Waals surface area contributed by atoms with Gasteiger partial charge in [-0.2, -0.15) is 0 Å². The van der Waals surface area contributed by atoms with Crippen LogP contribution < -0.4 is 0 Å². The van der Waals surface area contributed by atoms with Gasteiger partial charge >= 0.3 is 0 Å². The maximum absolute atomic E-state index is 2.55. The van der Waals surface area contributed by atoms with E-state index in [4.69, 9.17) is 0 Å². The molecule has 0 nitrogen and oxygen atoms in total. The van der Waals surface area contributed by atoms with Crippen LogP contribution >= 0.6 is 0 Å². The molecular weight excluding hydrogens is 132 g/mol. The van der Waals surface area contributed by atoms with Crippen LogP contribution in [0, 0.1) is 28.6 Å². The highest BCUT2D eigenvalue weighted by molar-refractivity contribution is 5.40. The van der Waals surface area contributed by atoms with Crippen molar-refractivity contribution in [2.24, 2.45) is 28.6 Å². The summed E-state index contributed by atoms with van der Waals surface area (Å²) in [7, 11) is 0. The van der Waals surface area contributed by atoms with Crippen LogP contribution in [-0.2, 0) is 0 Å². The number of rotatable bonds is 2. The third kappa shape index (κ3) is 0.400. The van der Waals surface area contributed by atoms with Gasteiger partial charge in [0.2, 0.25) is 0 Å². The molecule has 0 aliphatic heterocycles. The van der Waals surface area contributed by atoms with E-state index in [1.165, 1.54) is 24.7 Å². The second-order valence-corrected chi connectivity index (χ2v) is 5.33. The summed E-state index contributed by atoms with van der Waals surface area (Å²) in [6.07, 6.45) is 4.47. The maximum atomic E-state index is 2.55. The predicted octanol–water partition coefficient (Wildman–Crippen LogP) is 3.08. The third-order valence-electron chi connectivity index (χ3n) is 5.35. The van der Waals surface area contributed by atoms with Crippen LogP contribution in [0.4, 0.5) is 0 Å². The zero-order chi connectivity index (χ0) is 7.85. The molecule has 5 unspecified atom stereocenters. The molecule has 62 valence electrons. The van der Waals surface area contributed by atoms with Crippen molar-refractivity contribution in [1.29, 1.82) is 0 Å². The van der Waals surface area contributed by atoms with Crippen molar-refractivity contribution in [1.82, 2.24) is 0 Å². The lowest BCUT2D eigenvalue weighted by molar-refractivity contribution is -0.0359. The Kier molecular flexibility index (Phi) is 0.832. The Balaban J connectivity index is 1.86. The first-order chi connectivity index (χ1) is 5.18. The van der Waals surface area contributed by atoms with Gasteiger partial charge in [-0.05, 0) is 41.4 Å². The fourth-order valence-corrected chi connectivity index (χ4v) is 4.49. The Morgan fingerprint density at radius 2 is 2.18 bits per heavy atom. The average molecular weight is 150 g/mol. The molecule has 3 rings (SSSR count). The van der Waals surface area contributed by atoms with E-state index < -0.39 is 0 Å². The summed E-state index contributed by atoms with van der Waals surface area (Å²) in [6, 6.07) is 0. The summed E-state index contributed by atoms with van der Waals surface area (Å²) in [5.74, 6) is 3.45. The molecule has 0 saturated heterocycles. The number of hydrogen-bond acceptors (Lipinski definition) is 0. The molecule has 0 aromatic heterocycles. The summed E-state index contributed by atoms with van der Waals surface area (Å²) >= 11 is 0. The molecule has 3 aliphatic carbocycles. The molecule has 0 heteroatoms. The van der Waals surface area contributed by atoms with Crippen molar-refractivity contribution in [2.75, 3.05) is 0 Å². The van der Waals surface area contributed by atoms with Gasteiger partial charge in [0.1, 0.15) is 0 Å². The summed E-state index contributed by atoms with van der Waals surface area (Å²) in [5.41, 5.74) is 1.71. The Morgan fingerprint density at radius 3 is 2.55 bits per heavy atom. The van der Waals surface area contributed by atoms with Gasteiger partial charge in [0.05, 0.1) is 0 Å². The Bertz CT molecular complexity index is 220. The van der Waals surface area contributed by atoms with E-state index in [1.807, 2.05) is 0 Å². The fraction of sp³-hybridized carbons (Fsp3) is 1.00. The molecule has 0 aromatic rings. The molecule has 0 amide bonds. The van der Waals surface area contributed by atoms with Gasteiger partial charge in [-0.15, -0.1) is 0 Å². The van der Waals surface area contributed by atoms with Gasteiger partial charge in [-0.3, -0.25) is 0 Å². The smallest absolute Gasteiger partial charge is 0.0173 e. The third-order valence-corrected chi connectivity index (χ3v) is 5.35. The second kappa shape index (κ2) is 1.41. The Labute approximate surface area is 69.4 Å². The minimum atomic E-state index is 0.775. The molecule has 3 saturated carbocycles. The standard InChI is InChI=1S/C11H18/c1-4-5-10(3)7(2)9-8-6-11(8,9)10/h7-9H,4-6H2,1-3H3. The minimum Gasteiger partial charge on any atom is -0.0654 e. The van der Waals surface area contributed by atoms with E-state index in [0.717, 1.165) is 16.7 Å². The van der Waals surface area contributed by atoms with Crippen molar-refractivity contribution in [2.45, 2.75) is 40.0 Å². The van der Waals surface area contributed by atoms with Crippen molar-refractivity contribution in [3.63, 3.8) is 0 Å². The maximum Gasteiger partial charge on any atom is -0.0173 e. The summed E-state index contributed by atoms with van der Waals surface area (Å²) in [6.45, 7) is 7.37. The van der Waals surface area contributed by atoms with Gasteiger partial charge in [-0.25, -0.2) is 0 Å². The molecule has 0 radical (unpaired) electrons. The van der Waals surface area contributed by atoms with Crippen LogP contribution in [0.1, 0.15) is 40.0 Å². The fourth-order valence-electron chi connectivity index (χ4n) is 4.49. The lowest BCUT2D eigenvalue weighted by atomic mass is 9.53. The van der Waals surface area contributed by atoms with Gasteiger partial charge < -0.3 is 0 Å². The van der Waals surface area contributed by atoms with Crippen LogP contribution in [-0.4, -0.2) is 0 Å². The molecule has 11 heavy (non-hydrogen) atoms. The predicted molar refractivity (Wildman–Crippen MR) is 46.2 cm³/mol. The molecule has 3 fully saturated rings. The molecular formula is C11H18. The van der Waals surface area contributed by atoms with E-state index >= 15 is 0 Å². The van der Waals surface area contributed by atoms with Crippen molar-refractivity contribution >= 4 is 0 Å². The highest BCUT2D eigenvalue weighted by Gasteiger charge is 2.93. The van der Waals surface area contributed by atoms with Gasteiger partial charge in [-0.1, -0.05) is 27.2 Å². The summed E-state index contributed by atoms with van der Waals surface area (Å²) in [4.78, 5) is 0. The lowest BCUT2D eigenvalue weighted by Gasteiger charge is -2.51. The van der Waals surface area contributed by atoms with E-state index in [1.54, 1.807) is 6.42 Å². The average Bonchev–Trinajstić information content (AvgIpc) is 2.72. The molecule has 0 bridgehead atoms. The molecule has 0 aromatic carbocycles. The van der Waals surface area contributed by atoms with E-state index in [0.29, 0.717) is 0 Å². The van der Waals surface area contributed by atoms with E-state index in [-0.39, 0.29) is 0 Å². The highest BCUT2D eigenvalue weighted by atomic mass is 15.0. The van der Waals surface area contributed by atoms with Crippen molar-refractivity contribution in [3.8, 4) is 0 Å². The molecule has 1 spiro atoms. The van der Waals surface area contributed by atoms with E-state index in [2.05, 4.69) is 20.8 Å². The Hall–Kier alpha value is 0. The second-order valence-electron chi connectivity index (χ2n) is 5.33. The quantitative estimate of drug-likeness (QED) is 0.567. The van der Waals surface area contributed by atoms with Gasteiger partial charge in [0, 0.05) is 0 Å². The largest absolute Gasteiger partial charge is 0.0654 e. The monoisotopic (exact) mass is 150 g/mol. The first kappa shape index (κ1) is 6.51. The zero-order valence-corrected chi connectivity index (χ0v) is 7.85. The first-order valence-corrected chi connectivity index (χ1v) is 5.18. The summed E-state index contributed by atoms with van der Waals surface area (Å²) < 4.78 is 0. The van der Waals surface area contributed by atoms with Gasteiger partial charge in [0.25, 0.3) is 0 Å². The molecule has 0 heterocycles. The van der Waals surface area contributed by atoms with Crippen LogP contribution in [0.25, 0.3) is 0 Å². The minimum absolute atomic E-state index is 0.775. The van der Waals surface area contributed by atoms with Crippen LogP contribution in [0.2, 0.25) is 0 Å². The normalized spacial score (nSPS) is 69.5. The number of hydrogen-bond donors (Lipinski definition) is 0. The number of fused-ring (bicyclic) bond motifs is 1. The molecule has 5 atom stereocenters. The van der Waals surface area contributed by atoms with E-state index in [9.17, 15) is 0 Å². The van der Waals surface area contributed by atoms with Crippen LogP contribution in [0.3, 0.4) is 0 Å². The van der Waals surface area contributed by atoms with Crippen LogP contribution in [0.15, 0.2) is 0 Å². The molecule has 0 N–H and O–H groups in total. The van der Waals surface area contributed by atoms with Crippen molar-refractivity contribution in [3.05, 3.63) is 0 Å². The SMILES string of the molecule is CCCC1(C)C(C)C2C3CC321.